The predicted molar refractivity (Wildman–Crippen MR) is 183 cm³/mol. The van der Waals surface area contributed by atoms with Gasteiger partial charge >= 0.3 is 0 Å². The smallest absolute Gasteiger partial charge is 0.109 e. The zero-order valence-corrected chi connectivity index (χ0v) is 27.5. The standard InChI is InChI=1S/C34H33Cl3N8/c1-34(2,3)44-14-12-24(13-15-44)45-20-29(42-43-45)32(21-8-5-4-6-9-21)40-23-16-25-31(41-28-11-7-10-26(35)30(28)37)22(18-38)19-39-33(25)27(36)17-23/h4-11,16-17,19-20,24,32,40H,12-15H2,1-3H3,(H,39,41). The highest BCUT2D eigenvalue weighted by molar-refractivity contribution is 6.43. The minimum atomic E-state index is -0.311. The number of hydrogen-bond acceptors (Lipinski definition) is 7. The molecule has 6 rings (SSSR count). The molecular formula is C34H33Cl3N8. The van der Waals surface area contributed by atoms with Crippen molar-refractivity contribution in [3.8, 4) is 6.07 Å². The van der Waals surface area contributed by atoms with Crippen molar-refractivity contribution < 1.29 is 0 Å². The maximum atomic E-state index is 9.97. The lowest BCUT2D eigenvalue weighted by Crippen LogP contribution is -2.46. The summed E-state index contributed by atoms with van der Waals surface area (Å²) in [6, 6.07) is 21.4. The fourth-order valence-electron chi connectivity index (χ4n) is 5.84. The van der Waals surface area contributed by atoms with E-state index in [4.69, 9.17) is 34.8 Å². The Morgan fingerprint density at radius 3 is 2.44 bits per heavy atom. The molecule has 2 N–H and O–H groups in total. The van der Waals surface area contributed by atoms with Crippen molar-refractivity contribution in [3.05, 3.63) is 105 Å². The van der Waals surface area contributed by atoms with Crippen molar-refractivity contribution in [1.29, 1.82) is 5.26 Å². The minimum Gasteiger partial charge on any atom is -0.373 e. The molecule has 1 unspecified atom stereocenters. The highest BCUT2D eigenvalue weighted by Gasteiger charge is 2.29. The number of fused-ring (bicyclic) bond motifs is 1. The van der Waals surface area contributed by atoms with E-state index < -0.39 is 0 Å². The summed E-state index contributed by atoms with van der Waals surface area (Å²) < 4.78 is 2.01. The van der Waals surface area contributed by atoms with Crippen molar-refractivity contribution in [1.82, 2.24) is 24.9 Å². The second kappa shape index (κ2) is 12.9. The number of piperidine rings is 1. The third kappa shape index (κ3) is 6.58. The molecule has 1 atom stereocenters. The monoisotopic (exact) mass is 658 g/mol. The van der Waals surface area contributed by atoms with Gasteiger partial charge in [-0.25, -0.2) is 4.68 Å². The lowest BCUT2D eigenvalue weighted by atomic mass is 9.98. The molecule has 1 aliphatic rings. The Labute approximate surface area is 277 Å². The van der Waals surface area contributed by atoms with Gasteiger partial charge in [-0.1, -0.05) is 76.4 Å². The SMILES string of the molecule is CC(C)(C)N1CCC(n2cc(C(Nc3cc(Cl)c4ncc(C#N)c(Nc5cccc(Cl)c5Cl)c4c3)c3ccccc3)nn2)CC1. The van der Waals surface area contributed by atoms with Crippen LogP contribution in [0.4, 0.5) is 17.1 Å². The number of benzene rings is 3. The molecule has 0 radical (unpaired) electrons. The summed E-state index contributed by atoms with van der Waals surface area (Å²) in [7, 11) is 0. The van der Waals surface area contributed by atoms with E-state index in [1.165, 1.54) is 6.20 Å². The highest BCUT2D eigenvalue weighted by Crippen LogP contribution is 2.39. The highest BCUT2D eigenvalue weighted by atomic mass is 35.5. The van der Waals surface area contributed by atoms with Gasteiger partial charge in [-0.3, -0.25) is 9.88 Å². The molecule has 2 aromatic heterocycles. The number of nitrogens with one attached hydrogen (secondary N) is 2. The van der Waals surface area contributed by atoms with Crippen LogP contribution in [0.2, 0.25) is 15.1 Å². The summed E-state index contributed by atoms with van der Waals surface area (Å²) in [5.74, 6) is 0. The lowest BCUT2D eigenvalue weighted by molar-refractivity contribution is 0.0866. The lowest BCUT2D eigenvalue weighted by Gasteiger charge is -2.40. The van der Waals surface area contributed by atoms with Crippen LogP contribution in [0.3, 0.4) is 0 Å². The number of likely N-dealkylation sites (tertiary alicyclic amines) is 1. The number of halogens is 3. The molecule has 5 aromatic rings. The number of rotatable bonds is 7. The fourth-order valence-corrected chi connectivity index (χ4v) is 6.46. The Bertz CT molecular complexity index is 1870. The summed E-state index contributed by atoms with van der Waals surface area (Å²) in [5, 5.41) is 28.0. The van der Waals surface area contributed by atoms with E-state index in [1.54, 1.807) is 18.2 Å². The molecule has 11 heteroatoms. The van der Waals surface area contributed by atoms with Crippen LogP contribution in [-0.4, -0.2) is 43.5 Å². The summed E-state index contributed by atoms with van der Waals surface area (Å²) in [6.07, 6.45) is 5.59. The van der Waals surface area contributed by atoms with Gasteiger partial charge in [-0.15, -0.1) is 5.10 Å². The van der Waals surface area contributed by atoms with Crippen LogP contribution in [0.1, 0.15) is 62.5 Å². The largest absolute Gasteiger partial charge is 0.373 e. The Balaban J connectivity index is 1.36. The molecule has 3 aromatic carbocycles. The molecule has 0 saturated carbocycles. The number of pyridine rings is 1. The molecule has 1 saturated heterocycles. The third-order valence-corrected chi connectivity index (χ3v) is 9.42. The van der Waals surface area contributed by atoms with Crippen LogP contribution >= 0.6 is 34.8 Å². The molecule has 0 amide bonds. The second-order valence-electron chi connectivity index (χ2n) is 12.2. The number of hydrogen-bond donors (Lipinski definition) is 2. The maximum absolute atomic E-state index is 9.97. The Hall–Kier alpha value is -3.87. The van der Waals surface area contributed by atoms with E-state index in [9.17, 15) is 5.26 Å². The van der Waals surface area contributed by atoms with Gasteiger partial charge < -0.3 is 10.6 Å². The average Bonchev–Trinajstić information content (AvgIpc) is 3.52. The zero-order valence-electron chi connectivity index (χ0n) is 25.2. The molecule has 0 spiro atoms. The van der Waals surface area contributed by atoms with Crippen molar-refractivity contribution in [3.63, 3.8) is 0 Å². The summed E-state index contributed by atoms with van der Waals surface area (Å²) in [6.45, 7) is 8.83. The first-order chi connectivity index (χ1) is 21.6. The van der Waals surface area contributed by atoms with Gasteiger partial charge in [-0.2, -0.15) is 5.26 Å². The number of nitriles is 1. The van der Waals surface area contributed by atoms with E-state index in [1.807, 2.05) is 41.2 Å². The van der Waals surface area contributed by atoms with E-state index in [-0.39, 0.29) is 11.6 Å². The quantitative estimate of drug-likeness (QED) is 0.180. The van der Waals surface area contributed by atoms with Gasteiger partial charge in [0.1, 0.15) is 11.8 Å². The van der Waals surface area contributed by atoms with Crippen LogP contribution in [0.15, 0.2) is 73.1 Å². The van der Waals surface area contributed by atoms with Crippen LogP contribution in [0, 0.1) is 11.3 Å². The van der Waals surface area contributed by atoms with Crippen LogP contribution in [0.25, 0.3) is 10.9 Å². The van der Waals surface area contributed by atoms with Crippen molar-refractivity contribution in [2.75, 3.05) is 23.7 Å². The van der Waals surface area contributed by atoms with E-state index >= 15 is 0 Å². The third-order valence-electron chi connectivity index (χ3n) is 8.31. The van der Waals surface area contributed by atoms with Gasteiger partial charge in [0.25, 0.3) is 0 Å². The van der Waals surface area contributed by atoms with Crippen LogP contribution in [0.5, 0.6) is 0 Å². The number of anilines is 3. The minimum absolute atomic E-state index is 0.154. The molecule has 1 fully saturated rings. The molecular weight excluding hydrogens is 627 g/mol. The normalized spacial score (nSPS) is 15.1. The fraction of sp³-hybridized carbons (Fsp3) is 0.294. The molecule has 8 nitrogen and oxygen atoms in total. The van der Waals surface area contributed by atoms with Gasteiger partial charge in [0.05, 0.1) is 55.8 Å². The van der Waals surface area contributed by atoms with Gasteiger partial charge in [0.15, 0.2) is 0 Å². The van der Waals surface area contributed by atoms with Gasteiger partial charge in [-0.05, 0) is 63.4 Å². The number of aromatic nitrogens is 4. The summed E-state index contributed by atoms with van der Waals surface area (Å²) in [5.41, 5.74) is 4.68. The summed E-state index contributed by atoms with van der Waals surface area (Å²) >= 11 is 19.6. The Morgan fingerprint density at radius 2 is 1.73 bits per heavy atom. The molecule has 0 aliphatic carbocycles. The van der Waals surface area contributed by atoms with E-state index in [0.717, 1.165) is 42.9 Å². The second-order valence-corrected chi connectivity index (χ2v) is 13.4. The van der Waals surface area contributed by atoms with Gasteiger partial charge in [0, 0.05) is 35.9 Å². The summed E-state index contributed by atoms with van der Waals surface area (Å²) in [4.78, 5) is 7.02. The Kier molecular flexibility index (Phi) is 8.89. The zero-order chi connectivity index (χ0) is 31.7. The first-order valence-corrected chi connectivity index (χ1v) is 16.0. The maximum Gasteiger partial charge on any atom is 0.109 e. The van der Waals surface area contributed by atoms with Crippen molar-refractivity contribution in [2.24, 2.45) is 0 Å². The van der Waals surface area contributed by atoms with E-state index in [2.05, 4.69) is 69.8 Å². The molecule has 0 bridgehead atoms. The average molecular weight is 660 g/mol. The van der Waals surface area contributed by atoms with Crippen LogP contribution < -0.4 is 10.6 Å². The molecule has 230 valence electrons. The topological polar surface area (TPSA) is 94.7 Å². The van der Waals surface area contributed by atoms with Crippen molar-refractivity contribution >= 4 is 62.8 Å². The number of nitrogens with zero attached hydrogens (tertiary/aromatic N) is 6. The van der Waals surface area contributed by atoms with E-state index in [0.29, 0.717) is 49.0 Å². The molecule has 3 heterocycles. The van der Waals surface area contributed by atoms with Crippen molar-refractivity contribution in [2.45, 2.75) is 51.2 Å². The van der Waals surface area contributed by atoms with Gasteiger partial charge in [0.2, 0.25) is 0 Å². The first kappa shape index (κ1) is 31.1. The molecule has 1 aliphatic heterocycles. The molecule has 45 heavy (non-hydrogen) atoms. The van der Waals surface area contributed by atoms with Crippen LogP contribution in [-0.2, 0) is 0 Å². The first-order valence-electron chi connectivity index (χ1n) is 14.8. The Morgan fingerprint density at radius 1 is 0.978 bits per heavy atom. The predicted octanol–water partition coefficient (Wildman–Crippen LogP) is 9.04.